The average molecular weight is 304 g/mol. The Bertz CT molecular complexity index is 766. The Morgan fingerprint density at radius 1 is 0.727 bits per heavy atom. The minimum Gasteiger partial charge on any atom is -0.293 e. The largest absolute Gasteiger partial charge is 0.293 e. The molecule has 0 radical (unpaired) electrons. The Morgan fingerprint density at radius 3 is 1.91 bits per heavy atom. The lowest BCUT2D eigenvalue weighted by Crippen LogP contribution is -2.15. The van der Waals surface area contributed by atoms with Crippen molar-refractivity contribution >= 4 is 18.4 Å². The van der Waals surface area contributed by atoms with Gasteiger partial charge in [-0.15, -0.1) is 12.6 Å². The Balaban J connectivity index is 2.12. The minimum absolute atomic E-state index is 0.0910. The van der Waals surface area contributed by atoms with E-state index in [1.54, 1.807) is 0 Å². The maximum atomic E-state index is 13.1. The van der Waals surface area contributed by atoms with Gasteiger partial charge in [0.25, 0.3) is 0 Å². The monoisotopic (exact) mass is 304 g/mol. The summed E-state index contributed by atoms with van der Waals surface area (Å²) in [6, 6.07) is 27.1. The fraction of sp³-hybridized carbons (Fsp3) is 0.0500. The lowest BCUT2D eigenvalue weighted by molar-refractivity contribution is 0.0973. The summed E-state index contributed by atoms with van der Waals surface area (Å²) in [4.78, 5) is 13.9. The molecule has 3 rings (SSSR count). The van der Waals surface area contributed by atoms with Crippen LogP contribution in [0.2, 0.25) is 0 Å². The van der Waals surface area contributed by atoms with Gasteiger partial charge in [0.05, 0.1) is 5.92 Å². The molecule has 0 heterocycles. The summed E-state index contributed by atoms with van der Waals surface area (Å²) in [6.07, 6.45) is 0. The molecule has 0 fully saturated rings. The molecular weight excluding hydrogens is 288 g/mol. The van der Waals surface area contributed by atoms with E-state index < -0.39 is 0 Å². The second-order valence-electron chi connectivity index (χ2n) is 5.13. The first-order valence-corrected chi connectivity index (χ1v) is 7.64. The average Bonchev–Trinajstić information content (AvgIpc) is 2.58. The van der Waals surface area contributed by atoms with Crippen molar-refractivity contribution in [3.63, 3.8) is 0 Å². The summed E-state index contributed by atoms with van der Waals surface area (Å²) in [5.41, 5.74) is 2.64. The van der Waals surface area contributed by atoms with E-state index in [9.17, 15) is 4.79 Å². The van der Waals surface area contributed by atoms with E-state index in [2.05, 4.69) is 12.6 Å². The number of benzene rings is 3. The molecule has 1 nitrogen and oxygen atoms in total. The number of ketones is 1. The molecule has 0 bridgehead atoms. The fourth-order valence-corrected chi connectivity index (χ4v) is 2.91. The molecule has 2 heteroatoms. The molecule has 1 atom stereocenters. The fourth-order valence-electron chi connectivity index (χ4n) is 2.62. The van der Waals surface area contributed by atoms with Crippen LogP contribution in [0.25, 0.3) is 0 Å². The van der Waals surface area contributed by atoms with E-state index in [-0.39, 0.29) is 11.7 Å². The van der Waals surface area contributed by atoms with Gasteiger partial charge in [-0.2, -0.15) is 0 Å². The van der Waals surface area contributed by atoms with Gasteiger partial charge < -0.3 is 0 Å². The van der Waals surface area contributed by atoms with E-state index >= 15 is 0 Å². The van der Waals surface area contributed by atoms with Crippen LogP contribution >= 0.6 is 12.6 Å². The van der Waals surface area contributed by atoms with Gasteiger partial charge in [-0.25, -0.2) is 0 Å². The molecule has 0 aliphatic rings. The van der Waals surface area contributed by atoms with Gasteiger partial charge in [-0.1, -0.05) is 78.9 Å². The highest BCUT2D eigenvalue weighted by molar-refractivity contribution is 7.80. The molecule has 0 N–H and O–H groups in total. The Morgan fingerprint density at radius 2 is 1.27 bits per heavy atom. The normalized spacial score (nSPS) is 11.9. The topological polar surface area (TPSA) is 17.1 Å². The molecule has 1 unspecified atom stereocenters. The first-order valence-electron chi connectivity index (χ1n) is 7.19. The standard InChI is InChI=1S/C20H16OS/c21-20(16-11-5-2-6-12-16)19(15-9-3-1-4-10-15)17-13-7-8-14-18(17)22/h1-14,19,22H. The first kappa shape index (κ1) is 14.6. The molecule has 0 spiro atoms. The van der Waals surface area contributed by atoms with Crippen molar-refractivity contribution < 1.29 is 4.79 Å². The van der Waals surface area contributed by atoms with Crippen molar-refractivity contribution in [3.8, 4) is 0 Å². The van der Waals surface area contributed by atoms with Crippen LogP contribution in [0.5, 0.6) is 0 Å². The second kappa shape index (κ2) is 6.63. The highest BCUT2D eigenvalue weighted by Crippen LogP contribution is 2.32. The van der Waals surface area contributed by atoms with Crippen LogP contribution in [-0.4, -0.2) is 5.78 Å². The van der Waals surface area contributed by atoms with E-state index in [0.29, 0.717) is 5.56 Å². The quantitative estimate of drug-likeness (QED) is 0.531. The highest BCUT2D eigenvalue weighted by Gasteiger charge is 2.25. The lowest BCUT2D eigenvalue weighted by atomic mass is 9.85. The van der Waals surface area contributed by atoms with Crippen LogP contribution < -0.4 is 0 Å². The van der Waals surface area contributed by atoms with Crippen molar-refractivity contribution in [2.45, 2.75) is 10.8 Å². The van der Waals surface area contributed by atoms with Gasteiger partial charge in [0.2, 0.25) is 0 Å². The van der Waals surface area contributed by atoms with Gasteiger partial charge in [-0.05, 0) is 17.2 Å². The molecule has 0 saturated carbocycles. The van der Waals surface area contributed by atoms with Gasteiger partial charge in [0.1, 0.15) is 0 Å². The molecule has 0 aliphatic carbocycles. The molecular formula is C20H16OS. The van der Waals surface area contributed by atoms with E-state index in [1.807, 2.05) is 84.9 Å². The number of carbonyl (C=O) groups excluding carboxylic acids is 1. The molecule has 0 saturated heterocycles. The number of thiol groups is 1. The number of hydrogen-bond donors (Lipinski definition) is 1. The lowest BCUT2D eigenvalue weighted by Gasteiger charge is -2.18. The summed E-state index contributed by atoms with van der Waals surface area (Å²) in [6.45, 7) is 0. The molecule has 22 heavy (non-hydrogen) atoms. The minimum atomic E-state index is -0.336. The number of carbonyl (C=O) groups is 1. The van der Waals surface area contributed by atoms with Crippen molar-refractivity contribution in [2.24, 2.45) is 0 Å². The van der Waals surface area contributed by atoms with Crippen LogP contribution in [0.15, 0.2) is 89.8 Å². The summed E-state index contributed by atoms with van der Waals surface area (Å²) in [5, 5.41) is 0. The zero-order valence-electron chi connectivity index (χ0n) is 12.0. The third kappa shape index (κ3) is 2.97. The van der Waals surface area contributed by atoms with Crippen molar-refractivity contribution in [2.75, 3.05) is 0 Å². The Hall–Kier alpha value is -2.32. The van der Waals surface area contributed by atoms with Crippen LogP contribution in [0.1, 0.15) is 27.4 Å². The van der Waals surface area contributed by atoms with Crippen molar-refractivity contribution in [3.05, 3.63) is 102 Å². The molecule has 0 amide bonds. The molecule has 108 valence electrons. The third-order valence-corrected chi connectivity index (χ3v) is 4.11. The number of rotatable bonds is 4. The van der Waals surface area contributed by atoms with Gasteiger partial charge in [0.15, 0.2) is 5.78 Å². The second-order valence-corrected chi connectivity index (χ2v) is 5.61. The highest BCUT2D eigenvalue weighted by atomic mass is 32.1. The predicted molar refractivity (Wildman–Crippen MR) is 92.8 cm³/mol. The Labute approximate surface area is 136 Å². The number of Topliss-reactive ketones (excluding diaryl/α,β-unsaturated/α-hetero) is 1. The molecule has 3 aromatic rings. The van der Waals surface area contributed by atoms with Crippen LogP contribution in [0.3, 0.4) is 0 Å². The van der Waals surface area contributed by atoms with E-state index in [1.165, 1.54) is 0 Å². The van der Waals surface area contributed by atoms with Crippen molar-refractivity contribution in [1.82, 2.24) is 0 Å². The molecule has 0 aliphatic heterocycles. The van der Waals surface area contributed by atoms with Gasteiger partial charge in [-0.3, -0.25) is 4.79 Å². The molecule has 3 aromatic carbocycles. The summed E-state index contributed by atoms with van der Waals surface area (Å²) in [5.74, 6) is -0.245. The molecule has 0 aromatic heterocycles. The first-order chi connectivity index (χ1) is 10.8. The van der Waals surface area contributed by atoms with Crippen LogP contribution in [0, 0.1) is 0 Å². The Kier molecular flexibility index (Phi) is 4.40. The van der Waals surface area contributed by atoms with Gasteiger partial charge >= 0.3 is 0 Å². The zero-order valence-corrected chi connectivity index (χ0v) is 12.9. The van der Waals surface area contributed by atoms with E-state index in [4.69, 9.17) is 0 Å². The maximum absolute atomic E-state index is 13.1. The third-order valence-electron chi connectivity index (χ3n) is 3.70. The maximum Gasteiger partial charge on any atom is 0.174 e. The van der Waals surface area contributed by atoms with Crippen LogP contribution in [0.4, 0.5) is 0 Å². The summed E-state index contributed by atoms with van der Waals surface area (Å²) in [7, 11) is 0. The summed E-state index contributed by atoms with van der Waals surface area (Å²) < 4.78 is 0. The van der Waals surface area contributed by atoms with Gasteiger partial charge in [0, 0.05) is 10.5 Å². The zero-order chi connectivity index (χ0) is 15.4. The van der Waals surface area contributed by atoms with Crippen LogP contribution in [-0.2, 0) is 0 Å². The number of hydrogen-bond acceptors (Lipinski definition) is 2. The smallest absolute Gasteiger partial charge is 0.174 e. The van der Waals surface area contributed by atoms with Crippen molar-refractivity contribution in [1.29, 1.82) is 0 Å². The predicted octanol–water partition coefficient (Wildman–Crippen LogP) is 4.99. The summed E-state index contributed by atoms with van der Waals surface area (Å²) >= 11 is 4.54. The van der Waals surface area contributed by atoms with E-state index in [0.717, 1.165) is 16.0 Å². The SMILES string of the molecule is O=C(c1ccccc1)C(c1ccccc1)c1ccccc1S.